The maximum atomic E-state index is 12.9. The second kappa shape index (κ2) is 6.81. The van der Waals surface area contributed by atoms with Crippen LogP contribution in [0.4, 0.5) is 10.3 Å². The van der Waals surface area contributed by atoms with Crippen molar-refractivity contribution in [2.75, 3.05) is 37.6 Å². The van der Waals surface area contributed by atoms with Crippen LogP contribution in [0.15, 0.2) is 42.7 Å². The van der Waals surface area contributed by atoms with Gasteiger partial charge in [0.15, 0.2) is 0 Å². The summed E-state index contributed by atoms with van der Waals surface area (Å²) in [4.78, 5) is 12.9. The summed E-state index contributed by atoms with van der Waals surface area (Å²) in [5.74, 6) is 0.466. The Morgan fingerprint density at radius 3 is 2.32 bits per heavy atom. The lowest BCUT2D eigenvalue weighted by Gasteiger charge is -2.35. The van der Waals surface area contributed by atoms with Crippen LogP contribution in [0, 0.1) is 5.82 Å². The van der Waals surface area contributed by atoms with Crippen molar-refractivity contribution in [3.05, 3.63) is 54.1 Å². The topological polar surface area (TPSA) is 52.5 Å². The number of anilines is 1. The van der Waals surface area contributed by atoms with E-state index in [1.807, 2.05) is 0 Å². The van der Waals surface area contributed by atoms with Gasteiger partial charge in [-0.25, -0.2) is 14.4 Å². The molecule has 0 amide bonds. The second-order valence-corrected chi connectivity index (χ2v) is 5.40. The quantitative estimate of drug-likeness (QED) is 0.927. The molecule has 2 heterocycles. The molecule has 0 aliphatic carbocycles. The first-order chi connectivity index (χ1) is 10.7. The highest BCUT2D eigenvalue weighted by atomic mass is 19.1. The maximum Gasteiger partial charge on any atom is 0.225 e. The maximum absolute atomic E-state index is 12.9. The number of aliphatic hydroxyl groups is 1. The Kier molecular flexibility index (Phi) is 4.60. The molecule has 1 saturated heterocycles. The van der Waals surface area contributed by atoms with Crippen molar-refractivity contribution >= 4 is 5.95 Å². The number of rotatable bonds is 4. The van der Waals surface area contributed by atoms with Crippen molar-refractivity contribution < 1.29 is 9.50 Å². The Morgan fingerprint density at radius 1 is 1.05 bits per heavy atom. The Morgan fingerprint density at radius 2 is 1.68 bits per heavy atom. The number of aliphatic hydroxyl groups excluding tert-OH is 1. The molecule has 0 saturated carbocycles. The molecule has 22 heavy (non-hydrogen) atoms. The van der Waals surface area contributed by atoms with Gasteiger partial charge >= 0.3 is 0 Å². The minimum absolute atomic E-state index is 0.285. The molecular weight excluding hydrogens is 283 g/mol. The smallest absolute Gasteiger partial charge is 0.225 e. The minimum Gasteiger partial charge on any atom is -0.387 e. The highest BCUT2D eigenvalue weighted by Gasteiger charge is 2.21. The fourth-order valence-corrected chi connectivity index (χ4v) is 2.62. The third-order valence-corrected chi connectivity index (χ3v) is 3.89. The lowest BCUT2D eigenvalue weighted by molar-refractivity contribution is 0.109. The molecule has 1 aliphatic heterocycles. The Hall–Kier alpha value is -2.05. The van der Waals surface area contributed by atoms with Gasteiger partial charge in [0.2, 0.25) is 5.95 Å². The van der Waals surface area contributed by atoms with Gasteiger partial charge in [0.1, 0.15) is 5.82 Å². The van der Waals surface area contributed by atoms with E-state index in [4.69, 9.17) is 0 Å². The van der Waals surface area contributed by atoms with E-state index in [2.05, 4.69) is 19.8 Å². The summed E-state index contributed by atoms with van der Waals surface area (Å²) in [5, 5.41) is 10.2. The van der Waals surface area contributed by atoms with Crippen molar-refractivity contribution in [2.45, 2.75) is 6.10 Å². The van der Waals surface area contributed by atoms with Gasteiger partial charge in [0.05, 0.1) is 6.10 Å². The average molecular weight is 302 g/mol. The fraction of sp³-hybridized carbons (Fsp3) is 0.375. The zero-order valence-corrected chi connectivity index (χ0v) is 12.3. The van der Waals surface area contributed by atoms with E-state index in [0.29, 0.717) is 6.54 Å². The zero-order chi connectivity index (χ0) is 15.4. The normalized spacial score (nSPS) is 17.5. The predicted octanol–water partition coefficient (Wildman–Crippen LogP) is 1.47. The molecular formula is C16H19FN4O. The number of hydrogen-bond donors (Lipinski definition) is 1. The van der Waals surface area contributed by atoms with Crippen LogP contribution < -0.4 is 4.90 Å². The van der Waals surface area contributed by atoms with E-state index in [0.717, 1.165) is 37.7 Å². The van der Waals surface area contributed by atoms with Crippen molar-refractivity contribution in [3.63, 3.8) is 0 Å². The van der Waals surface area contributed by atoms with Crippen LogP contribution >= 0.6 is 0 Å². The largest absolute Gasteiger partial charge is 0.387 e. The molecule has 0 spiro atoms. The summed E-state index contributed by atoms with van der Waals surface area (Å²) >= 11 is 0. The van der Waals surface area contributed by atoms with Gasteiger partial charge in [0, 0.05) is 45.1 Å². The Bertz CT molecular complexity index is 585. The summed E-state index contributed by atoms with van der Waals surface area (Å²) < 4.78 is 12.9. The van der Waals surface area contributed by atoms with E-state index < -0.39 is 6.10 Å². The van der Waals surface area contributed by atoms with E-state index in [9.17, 15) is 9.50 Å². The molecule has 0 bridgehead atoms. The van der Waals surface area contributed by atoms with Gasteiger partial charge in [-0.3, -0.25) is 4.90 Å². The van der Waals surface area contributed by atoms with Gasteiger partial charge < -0.3 is 10.0 Å². The molecule has 1 unspecified atom stereocenters. The molecule has 116 valence electrons. The molecule has 3 rings (SSSR count). The second-order valence-electron chi connectivity index (χ2n) is 5.40. The number of piperazine rings is 1. The summed E-state index contributed by atoms with van der Waals surface area (Å²) in [7, 11) is 0. The summed E-state index contributed by atoms with van der Waals surface area (Å²) in [6, 6.07) is 7.83. The lowest BCUT2D eigenvalue weighted by Crippen LogP contribution is -2.48. The van der Waals surface area contributed by atoms with Gasteiger partial charge in [0.25, 0.3) is 0 Å². The predicted molar refractivity (Wildman–Crippen MR) is 82.0 cm³/mol. The van der Waals surface area contributed by atoms with Gasteiger partial charge in [-0.15, -0.1) is 0 Å². The van der Waals surface area contributed by atoms with Crippen LogP contribution in [0.25, 0.3) is 0 Å². The Labute approximate surface area is 129 Å². The first-order valence-corrected chi connectivity index (χ1v) is 7.40. The highest BCUT2D eigenvalue weighted by Crippen LogP contribution is 2.17. The van der Waals surface area contributed by atoms with Gasteiger partial charge in [-0.05, 0) is 23.8 Å². The number of β-amino-alcohol motifs (C(OH)–C–C–N with tert-alkyl or cyclic N) is 1. The summed E-state index contributed by atoms with van der Waals surface area (Å²) in [6.45, 7) is 3.91. The molecule has 1 fully saturated rings. The van der Waals surface area contributed by atoms with Crippen molar-refractivity contribution in [3.8, 4) is 0 Å². The van der Waals surface area contributed by atoms with E-state index in [-0.39, 0.29) is 5.82 Å². The minimum atomic E-state index is -0.597. The highest BCUT2D eigenvalue weighted by molar-refractivity contribution is 5.29. The molecule has 1 aromatic carbocycles. The summed E-state index contributed by atoms with van der Waals surface area (Å²) in [6.07, 6.45) is 2.89. The van der Waals surface area contributed by atoms with Crippen LogP contribution in [0.3, 0.4) is 0 Å². The number of nitrogens with zero attached hydrogens (tertiary/aromatic N) is 4. The number of hydrogen-bond acceptors (Lipinski definition) is 5. The SMILES string of the molecule is OC(CN1CCN(c2ncccn2)CC1)c1ccc(F)cc1. The van der Waals surface area contributed by atoms with E-state index in [1.165, 1.54) is 12.1 Å². The average Bonchev–Trinajstić information content (AvgIpc) is 2.57. The first-order valence-electron chi connectivity index (χ1n) is 7.40. The van der Waals surface area contributed by atoms with Crippen LogP contribution in [-0.4, -0.2) is 52.7 Å². The molecule has 2 aromatic rings. The molecule has 1 aromatic heterocycles. The number of aromatic nitrogens is 2. The van der Waals surface area contributed by atoms with Crippen LogP contribution in [-0.2, 0) is 0 Å². The summed E-state index contributed by atoms with van der Waals surface area (Å²) in [5.41, 5.74) is 0.746. The van der Waals surface area contributed by atoms with Gasteiger partial charge in [-0.2, -0.15) is 0 Å². The van der Waals surface area contributed by atoms with Crippen LogP contribution in [0.2, 0.25) is 0 Å². The molecule has 1 aliphatic rings. The Balaban J connectivity index is 1.52. The molecule has 6 heteroatoms. The third kappa shape index (κ3) is 3.58. The molecule has 1 atom stereocenters. The van der Waals surface area contributed by atoms with Crippen molar-refractivity contribution in [1.29, 1.82) is 0 Å². The molecule has 1 N–H and O–H groups in total. The van der Waals surface area contributed by atoms with Crippen LogP contribution in [0.1, 0.15) is 11.7 Å². The van der Waals surface area contributed by atoms with Gasteiger partial charge in [-0.1, -0.05) is 12.1 Å². The first kappa shape index (κ1) is 14.9. The third-order valence-electron chi connectivity index (χ3n) is 3.89. The van der Waals surface area contributed by atoms with Crippen molar-refractivity contribution in [1.82, 2.24) is 14.9 Å². The lowest BCUT2D eigenvalue weighted by atomic mass is 10.1. The van der Waals surface area contributed by atoms with E-state index >= 15 is 0 Å². The fourth-order valence-electron chi connectivity index (χ4n) is 2.62. The number of benzene rings is 1. The number of halogens is 1. The van der Waals surface area contributed by atoms with Crippen molar-refractivity contribution in [2.24, 2.45) is 0 Å². The molecule has 0 radical (unpaired) electrons. The standard InChI is InChI=1S/C16H19FN4O/c17-14-4-2-13(3-5-14)15(22)12-20-8-10-21(11-9-20)16-18-6-1-7-19-16/h1-7,15,22H,8-12H2. The van der Waals surface area contributed by atoms with Crippen LogP contribution in [0.5, 0.6) is 0 Å². The zero-order valence-electron chi connectivity index (χ0n) is 12.3. The van der Waals surface area contributed by atoms with E-state index in [1.54, 1.807) is 30.6 Å². The monoisotopic (exact) mass is 302 g/mol. The molecule has 5 nitrogen and oxygen atoms in total.